The van der Waals surface area contributed by atoms with Gasteiger partial charge in [-0.2, -0.15) is 4.98 Å². The topological polar surface area (TPSA) is 69.2 Å². The van der Waals surface area contributed by atoms with E-state index < -0.39 is 8.07 Å². The lowest BCUT2D eigenvalue weighted by molar-refractivity contribution is 0.0899. The summed E-state index contributed by atoms with van der Waals surface area (Å²) < 4.78 is 7.74. The number of aromatic nitrogens is 3. The quantitative estimate of drug-likeness (QED) is 0.382. The Morgan fingerprint density at radius 3 is 2.80 bits per heavy atom. The van der Waals surface area contributed by atoms with E-state index in [1.165, 1.54) is 5.01 Å². The molecular formula is C13H23N5OSi. The van der Waals surface area contributed by atoms with Crippen LogP contribution in [-0.2, 0) is 11.5 Å². The molecule has 2 aromatic heterocycles. The minimum Gasteiger partial charge on any atom is -0.361 e. The molecule has 2 rings (SSSR count). The van der Waals surface area contributed by atoms with Crippen LogP contribution in [0, 0.1) is 0 Å². The van der Waals surface area contributed by atoms with E-state index in [2.05, 4.69) is 29.6 Å². The number of nitrogens with two attached hydrogens (primary N) is 1. The molecule has 0 saturated heterocycles. The van der Waals surface area contributed by atoms with Crippen LogP contribution in [0.5, 0.6) is 0 Å². The van der Waals surface area contributed by atoms with E-state index in [0.29, 0.717) is 12.7 Å². The predicted octanol–water partition coefficient (Wildman–Crippen LogP) is 2.05. The molecule has 2 heterocycles. The van der Waals surface area contributed by atoms with Gasteiger partial charge in [0, 0.05) is 39.5 Å². The molecule has 110 valence electrons. The lowest BCUT2D eigenvalue weighted by atomic mass is 10.4. The van der Waals surface area contributed by atoms with Gasteiger partial charge in [0.1, 0.15) is 12.4 Å². The van der Waals surface area contributed by atoms with Crippen LogP contribution in [-0.4, -0.2) is 36.3 Å². The van der Waals surface area contributed by atoms with Gasteiger partial charge in [0.2, 0.25) is 5.95 Å². The molecule has 0 amide bonds. The minimum atomic E-state index is -1.04. The van der Waals surface area contributed by atoms with Gasteiger partial charge >= 0.3 is 0 Å². The van der Waals surface area contributed by atoms with Crippen LogP contribution >= 0.6 is 0 Å². The monoisotopic (exact) mass is 293 g/mol. The van der Waals surface area contributed by atoms with E-state index in [-0.39, 0.29) is 0 Å². The number of nitrogens with zero attached hydrogens (tertiary/aromatic N) is 4. The highest BCUT2D eigenvalue weighted by atomic mass is 28.3. The SMILES string of the molecule is CN(N)c1ncc2ccn(COCC[Si](C)(C)C)c2n1. The molecule has 7 heteroatoms. The van der Waals surface area contributed by atoms with Crippen LogP contribution in [0.3, 0.4) is 0 Å². The average molecular weight is 293 g/mol. The lowest BCUT2D eigenvalue weighted by Gasteiger charge is -2.15. The Labute approximate surface area is 120 Å². The molecule has 0 fully saturated rings. The second-order valence-electron chi connectivity index (χ2n) is 6.19. The Kier molecular flexibility index (Phi) is 4.41. The van der Waals surface area contributed by atoms with Gasteiger partial charge in [-0.05, 0) is 12.1 Å². The van der Waals surface area contributed by atoms with Crippen molar-refractivity contribution < 1.29 is 4.74 Å². The van der Waals surface area contributed by atoms with Crippen molar-refractivity contribution in [1.82, 2.24) is 14.5 Å². The van der Waals surface area contributed by atoms with Crippen LogP contribution in [0.4, 0.5) is 5.95 Å². The van der Waals surface area contributed by atoms with Gasteiger partial charge in [-0.1, -0.05) is 19.6 Å². The third-order valence-corrected chi connectivity index (χ3v) is 4.74. The fraction of sp³-hybridized carbons (Fsp3) is 0.538. The van der Waals surface area contributed by atoms with E-state index in [9.17, 15) is 0 Å². The first-order valence-electron chi connectivity index (χ1n) is 6.75. The number of anilines is 1. The first-order valence-corrected chi connectivity index (χ1v) is 10.5. The maximum absolute atomic E-state index is 5.75. The van der Waals surface area contributed by atoms with Gasteiger partial charge in [-0.3, -0.25) is 5.01 Å². The van der Waals surface area contributed by atoms with Crippen molar-refractivity contribution in [1.29, 1.82) is 0 Å². The molecule has 0 aliphatic heterocycles. The van der Waals surface area contributed by atoms with Crippen LogP contribution in [0.15, 0.2) is 18.5 Å². The summed E-state index contributed by atoms with van der Waals surface area (Å²) in [6.07, 6.45) is 3.74. The molecule has 6 nitrogen and oxygen atoms in total. The van der Waals surface area contributed by atoms with Crippen molar-refractivity contribution in [2.24, 2.45) is 5.84 Å². The highest BCUT2D eigenvalue weighted by molar-refractivity contribution is 6.76. The number of hydrogen-bond donors (Lipinski definition) is 1. The second kappa shape index (κ2) is 5.90. The lowest BCUT2D eigenvalue weighted by Crippen LogP contribution is -2.27. The summed E-state index contributed by atoms with van der Waals surface area (Å²) >= 11 is 0. The highest BCUT2D eigenvalue weighted by Gasteiger charge is 2.12. The van der Waals surface area contributed by atoms with Crippen molar-refractivity contribution in [3.05, 3.63) is 18.5 Å². The van der Waals surface area contributed by atoms with Crippen molar-refractivity contribution in [3.63, 3.8) is 0 Å². The summed E-state index contributed by atoms with van der Waals surface area (Å²) in [5.74, 6) is 6.17. The van der Waals surface area contributed by atoms with Gasteiger partial charge in [0.05, 0.1) is 0 Å². The van der Waals surface area contributed by atoms with Crippen molar-refractivity contribution in [3.8, 4) is 0 Å². The zero-order valence-electron chi connectivity index (χ0n) is 12.6. The normalized spacial score (nSPS) is 12.1. The van der Waals surface area contributed by atoms with Crippen molar-refractivity contribution in [2.75, 3.05) is 18.7 Å². The predicted molar refractivity (Wildman–Crippen MR) is 84.2 cm³/mol. The third-order valence-electron chi connectivity index (χ3n) is 3.03. The molecule has 0 aromatic carbocycles. The Morgan fingerprint density at radius 2 is 2.15 bits per heavy atom. The molecule has 0 aliphatic rings. The smallest absolute Gasteiger partial charge is 0.241 e. The summed E-state index contributed by atoms with van der Waals surface area (Å²) in [6, 6.07) is 3.15. The largest absolute Gasteiger partial charge is 0.361 e. The molecule has 0 saturated carbocycles. The molecule has 0 atom stereocenters. The minimum absolute atomic E-state index is 0.500. The molecule has 2 aromatic rings. The van der Waals surface area contributed by atoms with E-state index in [1.807, 2.05) is 16.8 Å². The molecule has 0 bridgehead atoms. The maximum Gasteiger partial charge on any atom is 0.241 e. The van der Waals surface area contributed by atoms with E-state index in [1.54, 1.807) is 13.2 Å². The Bertz CT molecular complexity index is 576. The molecule has 0 aliphatic carbocycles. The number of ether oxygens (including phenoxy) is 1. The van der Waals surface area contributed by atoms with Crippen molar-refractivity contribution in [2.45, 2.75) is 32.4 Å². The fourth-order valence-electron chi connectivity index (χ4n) is 1.78. The van der Waals surface area contributed by atoms with E-state index >= 15 is 0 Å². The molecule has 0 radical (unpaired) electrons. The number of hydrazine groups is 1. The molecule has 0 unspecified atom stereocenters. The molecular weight excluding hydrogens is 270 g/mol. The highest BCUT2D eigenvalue weighted by Crippen LogP contribution is 2.15. The van der Waals surface area contributed by atoms with Gasteiger partial charge in [0.25, 0.3) is 0 Å². The molecule has 20 heavy (non-hydrogen) atoms. The summed E-state index contributed by atoms with van der Waals surface area (Å²) in [4.78, 5) is 8.63. The fourth-order valence-corrected chi connectivity index (χ4v) is 2.53. The first kappa shape index (κ1) is 15.0. The van der Waals surface area contributed by atoms with Crippen LogP contribution < -0.4 is 10.9 Å². The Hall–Kier alpha value is -1.44. The number of fused-ring (bicyclic) bond motifs is 1. The average Bonchev–Trinajstić information content (AvgIpc) is 2.76. The summed E-state index contributed by atoms with van der Waals surface area (Å²) in [5.41, 5.74) is 0.848. The maximum atomic E-state index is 5.75. The molecule has 0 spiro atoms. The second-order valence-corrected chi connectivity index (χ2v) is 11.8. The van der Waals surface area contributed by atoms with E-state index in [4.69, 9.17) is 10.6 Å². The first-order chi connectivity index (χ1) is 9.37. The molecule has 2 N–H and O–H groups in total. The summed E-state index contributed by atoms with van der Waals surface area (Å²) in [7, 11) is 0.681. The van der Waals surface area contributed by atoms with Crippen molar-refractivity contribution >= 4 is 25.1 Å². The van der Waals surface area contributed by atoms with Crippen LogP contribution in [0.2, 0.25) is 25.7 Å². The summed E-state index contributed by atoms with van der Waals surface area (Å²) in [6.45, 7) is 8.34. The Morgan fingerprint density at radius 1 is 1.40 bits per heavy atom. The third kappa shape index (κ3) is 3.78. The van der Waals surface area contributed by atoms with E-state index in [0.717, 1.165) is 23.7 Å². The number of hydrogen-bond acceptors (Lipinski definition) is 5. The van der Waals surface area contributed by atoms with Gasteiger partial charge in [0.15, 0.2) is 0 Å². The summed E-state index contributed by atoms with van der Waals surface area (Å²) in [5, 5.41) is 2.40. The van der Waals surface area contributed by atoms with Crippen LogP contribution in [0.25, 0.3) is 11.0 Å². The van der Waals surface area contributed by atoms with Crippen LogP contribution in [0.1, 0.15) is 0 Å². The Balaban J connectivity index is 2.04. The van der Waals surface area contributed by atoms with Gasteiger partial charge in [-0.15, -0.1) is 0 Å². The zero-order valence-corrected chi connectivity index (χ0v) is 13.6. The zero-order chi connectivity index (χ0) is 14.8. The number of rotatable bonds is 6. The standard InChI is InChI=1S/C13H23N5OSi/c1-17(14)13-15-9-11-5-6-18(12(11)16-13)10-19-7-8-20(2,3)4/h5-6,9H,7-8,10,14H2,1-4H3. The van der Waals surface area contributed by atoms with Gasteiger partial charge in [-0.25, -0.2) is 10.8 Å². The van der Waals surface area contributed by atoms with Gasteiger partial charge < -0.3 is 9.30 Å².